The van der Waals surface area contributed by atoms with Crippen molar-refractivity contribution < 1.29 is 0 Å². The van der Waals surface area contributed by atoms with E-state index >= 15 is 0 Å². The predicted octanol–water partition coefficient (Wildman–Crippen LogP) is 1.55. The summed E-state index contributed by atoms with van der Waals surface area (Å²) in [5.41, 5.74) is 2.57. The standard InChI is InChI=1S/C11H17N3/c1-3-5-14-6-4-10-7-12-9(2)13-11(10)8-14/h7H,3-6,8H2,1-2H3. The van der Waals surface area contributed by atoms with E-state index in [4.69, 9.17) is 0 Å². The molecular formula is C11H17N3. The van der Waals surface area contributed by atoms with Crippen molar-refractivity contribution in [2.45, 2.75) is 33.2 Å². The van der Waals surface area contributed by atoms with Crippen LogP contribution in [0.5, 0.6) is 0 Å². The molecule has 14 heavy (non-hydrogen) atoms. The number of nitrogens with zero attached hydrogens (tertiary/aromatic N) is 3. The van der Waals surface area contributed by atoms with E-state index in [-0.39, 0.29) is 0 Å². The Morgan fingerprint density at radius 1 is 1.50 bits per heavy atom. The van der Waals surface area contributed by atoms with Crippen molar-refractivity contribution in [1.29, 1.82) is 0 Å². The first kappa shape index (κ1) is 9.59. The molecule has 3 heteroatoms. The molecule has 0 fully saturated rings. The lowest BCUT2D eigenvalue weighted by Crippen LogP contribution is -2.32. The molecule has 1 aromatic heterocycles. The van der Waals surface area contributed by atoms with Crippen LogP contribution in [0.1, 0.15) is 30.4 Å². The quantitative estimate of drug-likeness (QED) is 0.710. The smallest absolute Gasteiger partial charge is 0.125 e. The highest BCUT2D eigenvalue weighted by atomic mass is 15.1. The second-order valence-corrected chi connectivity index (χ2v) is 3.92. The Morgan fingerprint density at radius 2 is 2.36 bits per heavy atom. The van der Waals surface area contributed by atoms with Crippen LogP contribution in [0.15, 0.2) is 6.20 Å². The Hall–Kier alpha value is -0.960. The average molecular weight is 191 g/mol. The van der Waals surface area contributed by atoms with Gasteiger partial charge in [0, 0.05) is 19.3 Å². The van der Waals surface area contributed by atoms with Gasteiger partial charge in [-0.15, -0.1) is 0 Å². The fourth-order valence-electron chi connectivity index (χ4n) is 1.96. The van der Waals surface area contributed by atoms with Gasteiger partial charge in [-0.1, -0.05) is 6.92 Å². The highest BCUT2D eigenvalue weighted by Gasteiger charge is 2.16. The molecule has 0 N–H and O–H groups in total. The molecule has 0 radical (unpaired) electrons. The number of rotatable bonds is 2. The van der Waals surface area contributed by atoms with Crippen LogP contribution in [0.2, 0.25) is 0 Å². The molecule has 0 atom stereocenters. The van der Waals surface area contributed by atoms with Crippen LogP contribution in [0.3, 0.4) is 0 Å². The van der Waals surface area contributed by atoms with Gasteiger partial charge < -0.3 is 0 Å². The zero-order valence-corrected chi connectivity index (χ0v) is 8.95. The lowest BCUT2D eigenvalue weighted by atomic mass is 10.1. The third-order valence-corrected chi connectivity index (χ3v) is 2.69. The van der Waals surface area contributed by atoms with Gasteiger partial charge >= 0.3 is 0 Å². The highest BCUT2D eigenvalue weighted by Crippen LogP contribution is 2.15. The minimum atomic E-state index is 0.891. The van der Waals surface area contributed by atoms with Gasteiger partial charge in [0.25, 0.3) is 0 Å². The van der Waals surface area contributed by atoms with Gasteiger partial charge in [-0.25, -0.2) is 9.97 Å². The maximum atomic E-state index is 4.49. The van der Waals surface area contributed by atoms with Crippen molar-refractivity contribution in [3.8, 4) is 0 Å². The third kappa shape index (κ3) is 1.93. The van der Waals surface area contributed by atoms with Gasteiger partial charge in [0.2, 0.25) is 0 Å². The minimum absolute atomic E-state index is 0.891. The van der Waals surface area contributed by atoms with E-state index in [0.717, 1.165) is 25.3 Å². The third-order valence-electron chi connectivity index (χ3n) is 2.69. The molecule has 0 unspecified atom stereocenters. The molecule has 0 aromatic carbocycles. The molecule has 1 aliphatic heterocycles. The van der Waals surface area contributed by atoms with Gasteiger partial charge in [0.05, 0.1) is 5.69 Å². The molecular weight excluding hydrogens is 174 g/mol. The van der Waals surface area contributed by atoms with E-state index in [1.165, 1.54) is 24.2 Å². The lowest BCUT2D eigenvalue weighted by Gasteiger charge is -2.27. The molecule has 3 nitrogen and oxygen atoms in total. The summed E-state index contributed by atoms with van der Waals surface area (Å²) >= 11 is 0. The molecule has 0 bridgehead atoms. The van der Waals surface area contributed by atoms with Crippen LogP contribution in [0.25, 0.3) is 0 Å². The zero-order valence-electron chi connectivity index (χ0n) is 8.95. The first-order chi connectivity index (χ1) is 6.79. The summed E-state index contributed by atoms with van der Waals surface area (Å²) in [6.45, 7) is 7.53. The Balaban J connectivity index is 2.16. The molecule has 0 amide bonds. The van der Waals surface area contributed by atoms with Crippen LogP contribution in [-0.4, -0.2) is 28.0 Å². The highest BCUT2D eigenvalue weighted by molar-refractivity contribution is 5.20. The Morgan fingerprint density at radius 3 is 3.14 bits per heavy atom. The fourth-order valence-corrected chi connectivity index (χ4v) is 1.96. The summed E-state index contributed by atoms with van der Waals surface area (Å²) in [6.07, 6.45) is 4.32. The number of hydrogen-bond donors (Lipinski definition) is 0. The van der Waals surface area contributed by atoms with Crippen molar-refractivity contribution in [3.63, 3.8) is 0 Å². The Kier molecular flexibility index (Phi) is 2.77. The Bertz CT molecular complexity index is 322. The second-order valence-electron chi connectivity index (χ2n) is 3.92. The van der Waals surface area contributed by atoms with Crippen molar-refractivity contribution in [2.24, 2.45) is 0 Å². The van der Waals surface area contributed by atoms with Crippen LogP contribution < -0.4 is 0 Å². The van der Waals surface area contributed by atoms with Crippen LogP contribution in [0.4, 0.5) is 0 Å². The van der Waals surface area contributed by atoms with Crippen LogP contribution in [0, 0.1) is 6.92 Å². The number of aromatic nitrogens is 2. The van der Waals surface area contributed by atoms with E-state index in [9.17, 15) is 0 Å². The predicted molar refractivity (Wildman–Crippen MR) is 56.0 cm³/mol. The van der Waals surface area contributed by atoms with Gasteiger partial charge in [-0.2, -0.15) is 0 Å². The molecule has 0 spiro atoms. The number of aryl methyl sites for hydroxylation is 1. The molecule has 1 aliphatic rings. The molecule has 76 valence electrons. The summed E-state index contributed by atoms with van der Waals surface area (Å²) in [6, 6.07) is 0. The number of hydrogen-bond acceptors (Lipinski definition) is 3. The fraction of sp³-hybridized carbons (Fsp3) is 0.636. The second kappa shape index (κ2) is 4.05. The summed E-state index contributed by atoms with van der Waals surface area (Å²) in [5.74, 6) is 0.891. The van der Waals surface area contributed by atoms with Crippen molar-refractivity contribution in [2.75, 3.05) is 13.1 Å². The molecule has 2 rings (SSSR count). The normalized spacial score (nSPS) is 16.7. The van der Waals surface area contributed by atoms with Gasteiger partial charge in [0.1, 0.15) is 5.82 Å². The summed E-state index contributed by atoms with van der Waals surface area (Å²) in [4.78, 5) is 11.2. The molecule has 0 saturated carbocycles. The van der Waals surface area contributed by atoms with Crippen LogP contribution in [-0.2, 0) is 13.0 Å². The lowest BCUT2D eigenvalue weighted by molar-refractivity contribution is 0.250. The largest absolute Gasteiger partial charge is 0.297 e. The first-order valence-electron chi connectivity index (χ1n) is 5.33. The SMILES string of the molecule is CCCN1CCc2cnc(C)nc2C1. The monoisotopic (exact) mass is 191 g/mol. The Labute approximate surface area is 85.2 Å². The molecule has 1 aromatic rings. The van der Waals surface area contributed by atoms with Crippen molar-refractivity contribution in [1.82, 2.24) is 14.9 Å². The average Bonchev–Trinajstić information content (AvgIpc) is 2.17. The van der Waals surface area contributed by atoms with Crippen LogP contribution >= 0.6 is 0 Å². The first-order valence-corrected chi connectivity index (χ1v) is 5.33. The zero-order chi connectivity index (χ0) is 9.97. The van der Waals surface area contributed by atoms with Gasteiger partial charge in [-0.3, -0.25) is 4.90 Å². The topological polar surface area (TPSA) is 29.0 Å². The van der Waals surface area contributed by atoms with E-state index in [1.807, 2.05) is 13.1 Å². The van der Waals surface area contributed by atoms with E-state index in [1.54, 1.807) is 0 Å². The minimum Gasteiger partial charge on any atom is -0.297 e. The van der Waals surface area contributed by atoms with Gasteiger partial charge in [0.15, 0.2) is 0 Å². The summed E-state index contributed by atoms with van der Waals surface area (Å²) in [7, 11) is 0. The number of fused-ring (bicyclic) bond motifs is 1. The van der Waals surface area contributed by atoms with Crippen molar-refractivity contribution >= 4 is 0 Å². The molecule has 0 saturated heterocycles. The van der Waals surface area contributed by atoms with E-state index in [0.29, 0.717) is 0 Å². The summed E-state index contributed by atoms with van der Waals surface area (Å²) in [5, 5.41) is 0. The van der Waals surface area contributed by atoms with E-state index < -0.39 is 0 Å². The molecule has 0 aliphatic carbocycles. The van der Waals surface area contributed by atoms with E-state index in [2.05, 4.69) is 21.8 Å². The summed E-state index contributed by atoms with van der Waals surface area (Å²) < 4.78 is 0. The molecule has 2 heterocycles. The van der Waals surface area contributed by atoms with Gasteiger partial charge in [-0.05, 0) is 31.9 Å². The maximum Gasteiger partial charge on any atom is 0.125 e. The van der Waals surface area contributed by atoms with Crippen molar-refractivity contribution in [3.05, 3.63) is 23.3 Å². The maximum absolute atomic E-state index is 4.49.